The van der Waals surface area contributed by atoms with Crippen molar-refractivity contribution in [1.29, 1.82) is 0 Å². The molecule has 2 aromatic rings. The second kappa shape index (κ2) is 18.8. The van der Waals surface area contributed by atoms with Crippen LogP contribution in [-0.2, 0) is 25.8 Å². The van der Waals surface area contributed by atoms with Gasteiger partial charge in [-0.2, -0.15) is 0 Å². The van der Waals surface area contributed by atoms with E-state index in [4.69, 9.17) is 4.98 Å². The lowest BCUT2D eigenvalue weighted by Crippen LogP contribution is -2.02. The molecule has 0 aliphatic rings. The van der Waals surface area contributed by atoms with Crippen LogP contribution in [0.25, 0.3) is 0 Å². The average Bonchev–Trinajstić information content (AvgIpc) is 3.21. The lowest BCUT2D eigenvalue weighted by Gasteiger charge is -2.06. The van der Waals surface area contributed by atoms with Crippen molar-refractivity contribution in [2.45, 2.75) is 142 Å². The summed E-state index contributed by atoms with van der Waals surface area (Å²) in [5, 5.41) is 0. The van der Waals surface area contributed by atoms with E-state index >= 15 is 0 Å². The zero-order valence-corrected chi connectivity index (χ0v) is 22.0. The lowest BCUT2D eigenvalue weighted by molar-refractivity contribution is 0.532. The van der Waals surface area contributed by atoms with Crippen molar-refractivity contribution in [3.8, 4) is 0 Å². The van der Waals surface area contributed by atoms with Crippen LogP contribution in [0.1, 0.15) is 134 Å². The molecule has 2 heteroatoms. The van der Waals surface area contributed by atoms with E-state index in [1.807, 2.05) is 0 Å². The molecular weight excluding hydrogens is 400 g/mol. The number of nitrogens with zero attached hydrogens (tertiary/aromatic N) is 2. The van der Waals surface area contributed by atoms with Crippen molar-refractivity contribution in [3.63, 3.8) is 0 Å². The smallest absolute Gasteiger partial charge is 0.108 e. The second-order valence-corrected chi connectivity index (χ2v) is 10.0. The molecule has 0 atom stereocenters. The SMILES string of the molecule is CCCCCCCCCCCCCCCCc1nc(CCCc2ccccc2)cn1CCC. The molecule has 2 nitrogen and oxygen atoms in total. The Hall–Kier alpha value is -1.57. The summed E-state index contributed by atoms with van der Waals surface area (Å²) in [7, 11) is 0. The molecule has 0 unspecified atom stereocenters. The molecule has 0 aliphatic heterocycles. The molecule has 0 aliphatic carbocycles. The van der Waals surface area contributed by atoms with Crippen molar-refractivity contribution in [3.05, 3.63) is 53.6 Å². The highest BCUT2D eigenvalue weighted by Crippen LogP contribution is 2.15. The Morgan fingerprint density at radius 2 is 1.15 bits per heavy atom. The predicted octanol–water partition coefficient (Wildman–Crippen LogP) is 9.49. The van der Waals surface area contributed by atoms with Crippen LogP contribution in [0, 0.1) is 0 Å². The number of imidazole rings is 1. The van der Waals surface area contributed by atoms with E-state index in [-0.39, 0.29) is 0 Å². The topological polar surface area (TPSA) is 17.8 Å². The quantitative estimate of drug-likeness (QED) is 0.172. The largest absolute Gasteiger partial charge is 0.335 e. The number of unbranched alkanes of at least 4 members (excludes halogenated alkanes) is 13. The van der Waals surface area contributed by atoms with Crippen LogP contribution >= 0.6 is 0 Å². The van der Waals surface area contributed by atoms with E-state index in [0.29, 0.717) is 0 Å². The maximum atomic E-state index is 5.02. The number of rotatable bonds is 21. The molecule has 0 saturated heterocycles. The third-order valence-corrected chi connectivity index (χ3v) is 6.87. The van der Waals surface area contributed by atoms with E-state index in [2.05, 4.69) is 54.9 Å². The first-order chi connectivity index (χ1) is 16.3. The first-order valence-corrected chi connectivity index (χ1v) is 14.4. The number of benzene rings is 1. The normalized spacial score (nSPS) is 11.3. The summed E-state index contributed by atoms with van der Waals surface area (Å²) in [6, 6.07) is 10.8. The van der Waals surface area contributed by atoms with Crippen LogP contribution in [-0.4, -0.2) is 9.55 Å². The van der Waals surface area contributed by atoms with Crippen molar-refractivity contribution < 1.29 is 0 Å². The van der Waals surface area contributed by atoms with Gasteiger partial charge in [-0.15, -0.1) is 0 Å². The van der Waals surface area contributed by atoms with Crippen LogP contribution in [0.2, 0.25) is 0 Å². The maximum absolute atomic E-state index is 5.02. The van der Waals surface area contributed by atoms with Crippen molar-refractivity contribution in [1.82, 2.24) is 9.55 Å². The number of aryl methyl sites for hydroxylation is 4. The zero-order valence-electron chi connectivity index (χ0n) is 22.0. The Bertz CT molecular complexity index is 688. The van der Waals surface area contributed by atoms with Crippen LogP contribution in [0.4, 0.5) is 0 Å². The second-order valence-electron chi connectivity index (χ2n) is 10.0. The summed E-state index contributed by atoms with van der Waals surface area (Å²) in [6.07, 6.45) is 28.0. The van der Waals surface area contributed by atoms with Crippen LogP contribution in [0.15, 0.2) is 36.5 Å². The molecule has 186 valence electrons. The average molecular weight is 453 g/mol. The van der Waals surface area contributed by atoms with Gasteiger partial charge in [0.1, 0.15) is 5.82 Å². The molecule has 0 saturated carbocycles. The fourth-order valence-corrected chi connectivity index (χ4v) is 4.86. The van der Waals surface area contributed by atoms with Gasteiger partial charge in [0.05, 0.1) is 5.69 Å². The van der Waals surface area contributed by atoms with Crippen LogP contribution < -0.4 is 0 Å². The van der Waals surface area contributed by atoms with Gasteiger partial charge in [0.25, 0.3) is 0 Å². The van der Waals surface area contributed by atoms with Gasteiger partial charge >= 0.3 is 0 Å². The highest BCUT2D eigenvalue weighted by Gasteiger charge is 2.08. The molecule has 0 bridgehead atoms. The Labute approximate surface area is 205 Å². The molecule has 0 fully saturated rings. The van der Waals surface area contributed by atoms with E-state index in [0.717, 1.165) is 25.8 Å². The Kier molecular flexibility index (Phi) is 15.8. The fourth-order valence-electron chi connectivity index (χ4n) is 4.86. The van der Waals surface area contributed by atoms with E-state index in [9.17, 15) is 0 Å². The molecular formula is C31H52N2. The monoisotopic (exact) mass is 452 g/mol. The molecule has 2 rings (SSSR count). The Morgan fingerprint density at radius 1 is 0.576 bits per heavy atom. The molecule has 1 aromatic carbocycles. The summed E-state index contributed by atoms with van der Waals surface area (Å²) < 4.78 is 2.43. The summed E-state index contributed by atoms with van der Waals surface area (Å²) >= 11 is 0. The number of hydrogen-bond acceptors (Lipinski definition) is 1. The Morgan fingerprint density at radius 3 is 1.73 bits per heavy atom. The zero-order chi connectivity index (χ0) is 23.4. The molecule has 1 aromatic heterocycles. The van der Waals surface area contributed by atoms with E-state index in [1.165, 1.54) is 120 Å². The first-order valence-electron chi connectivity index (χ1n) is 14.4. The molecule has 1 heterocycles. The van der Waals surface area contributed by atoms with Gasteiger partial charge in [0.15, 0.2) is 0 Å². The third-order valence-electron chi connectivity index (χ3n) is 6.87. The van der Waals surface area contributed by atoms with Gasteiger partial charge in [0.2, 0.25) is 0 Å². The molecule has 0 spiro atoms. The molecule has 0 radical (unpaired) electrons. The van der Waals surface area contributed by atoms with Gasteiger partial charge in [-0.1, -0.05) is 128 Å². The van der Waals surface area contributed by atoms with Gasteiger partial charge in [0, 0.05) is 19.2 Å². The van der Waals surface area contributed by atoms with Gasteiger partial charge in [-0.05, 0) is 37.7 Å². The summed E-state index contributed by atoms with van der Waals surface area (Å²) in [5.41, 5.74) is 2.73. The standard InChI is InChI=1S/C31H52N2/c1-3-5-6-7-8-9-10-11-12-13-14-15-16-20-26-31-32-30(28-33(31)27-4-2)25-21-24-29-22-18-17-19-23-29/h17-19,22-23,28H,3-16,20-21,24-27H2,1-2H3. The lowest BCUT2D eigenvalue weighted by atomic mass is 10.0. The summed E-state index contributed by atoms with van der Waals surface area (Å²) in [6.45, 7) is 5.68. The molecule has 33 heavy (non-hydrogen) atoms. The van der Waals surface area contributed by atoms with Crippen LogP contribution in [0.5, 0.6) is 0 Å². The van der Waals surface area contributed by atoms with Gasteiger partial charge in [-0.25, -0.2) is 4.98 Å². The van der Waals surface area contributed by atoms with E-state index in [1.54, 1.807) is 0 Å². The predicted molar refractivity (Wildman–Crippen MR) is 145 cm³/mol. The van der Waals surface area contributed by atoms with Crippen molar-refractivity contribution >= 4 is 0 Å². The highest BCUT2D eigenvalue weighted by atomic mass is 15.1. The minimum absolute atomic E-state index is 1.09. The minimum atomic E-state index is 1.09. The van der Waals surface area contributed by atoms with E-state index < -0.39 is 0 Å². The van der Waals surface area contributed by atoms with Gasteiger partial charge < -0.3 is 4.57 Å². The third kappa shape index (κ3) is 13.0. The maximum Gasteiger partial charge on any atom is 0.108 e. The van der Waals surface area contributed by atoms with Gasteiger partial charge in [-0.3, -0.25) is 0 Å². The summed E-state index contributed by atoms with van der Waals surface area (Å²) in [4.78, 5) is 5.02. The number of aromatic nitrogens is 2. The Balaban J connectivity index is 1.52. The highest BCUT2D eigenvalue weighted by molar-refractivity contribution is 5.15. The minimum Gasteiger partial charge on any atom is -0.335 e. The molecule has 0 amide bonds. The first kappa shape index (κ1) is 27.7. The van der Waals surface area contributed by atoms with Crippen molar-refractivity contribution in [2.75, 3.05) is 0 Å². The van der Waals surface area contributed by atoms with Crippen molar-refractivity contribution in [2.24, 2.45) is 0 Å². The van der Waals surface area contributed by atoms with Crippen LogP contribution in [0.3, 0.4) is 0 Å². The number of hydrogen-bond donors (Lipinski definition) is 0. The fraction of sp³-hybridized carbons (Fsp3) is 0.710. The molecule has 0 N–H and O–H groups in total. The summed E-state index contributed by atoms with van der Waals surface area (Å²) in [5.74, 6) is 1.32.